The molecule has 1 aromatic heterocycles. The zero-order valence-electron chi connectivity index (χ0n) is 11.0. The van der Waals surface area contributed by atoms with Crippen LogP contribution in [0.1, 0.15) is 18.2 Å². The first-order chi connectivity index (χ1) is 9.56. The fourth-order valence-corrected chi connectivity index (χ4v) is 2.21. The first-order valence-corrected chi connectivity index (χ1v) is 6.32. The van der Waals surface area contributed by atoms with Crippen LogP contribution in [0.4, 0.5) is 4.39 Å². The van der Waals surface area contributed by atoms with Gasteiger partial charge >= 0.3 is 5.69 Å². The summed E-state index contributed by atoms with van der Waals surface area (Å²) in [5.74, 6) is 0. The van der Waals surface area contributed by atoms with Crippen molar-refractivity contribution in [1.29, 1.82) is 0 Å². The third kappa shape index (κ3) is 2.97. The minimum Gasteiger partial charge on any atom is -0.394 e. The van der Waals surface area contributed by atoms with Crippen LogP contribution in [0.3, 0.4) is 0 Å². The van der Waals surface area contributed by atoms with E-state index >= 15 is 0 Å². The van der Waals surface area contributed by atoms with Crippen molar-refractivity contribution in [1.82, 2.24) is 9.55 Å². The minimum absolute atomic E-state index is 0.0865. The van der Waals surface area contributed by atoms with E-state index in [0.29, 0.717) is 12.0 Å². The van der Waals surface area contributed by atoms with Gasteiger partial charge in [-0.05, 0) is 6.92 Å². The number of H-pyrrole nitrogens is 1. The molecular weight excluding hydrogens is 271 g/mol. The van der Waals surface area contributed by atoms with Crippen molar-refractivity contribution >= 4 is 0 Å². The lowest BCUT2D eigenvalue weighted by atomic mass is 10.2. The highest BCUT2D eigenvalue weighted by Gasteiger charge is 2.37. The lowest BCUT2D eigenvalue weighted by Gasteiger charge is -2.15. The van der Waals surface area contributed by atoms with Gasteiger partial charge in [-0.3, -0.25) is 14.3 Å². The average molecular weight is 288 g/mol. The highest BCUT2D eigenvalue weighted by Crippen LogP contribution is 2.29. The van der Waals surface area contributed by atoms with Gasteiger partial charge in [-0.15, -0.1) is 0 Å². The maximum atomic E-state index is 12.1. The minimum atomic E-state index is -0.653. The molecule has 3 atom stereocenters. The van der Waals surface area contributed by atoms with Crippen molar-refractivity contribution in [2.24, 2.45) is 0 Å². The number of halogens is 1. The molecule has 2 N–H and O–H groups in total. The van der Waals surface area contributed by atoms with E-state index < -0.39 is 36.4 Å². The summed E-state index contributed by atoms with van der Waals surface area (Å²) in [6, 6.07) is 0. The maximum absolute atomic E-state index is 12.1. The Labute approximate surface area is 114 Å². The van der Waals surface area contributed by atoms with E-state index in [4.69, 9.17) is 9.47 Å². The number of nitrogens with one attached hydrogen (secondary N) is 1. The monoisotopic (exact) mass is 288 g/mol. The van der Waals surface area contributed by atoms with E-state index in [1.807, 2.05) is 0 Å². The second kappa shape index (κ2) is 6.29. The number of hydrogen-bond donors (Lipinski definition) is 2. The molecule has 7 nitrogen and oxygen atoms in total. The molecule has 2 rings (SSSR count). The number of hydrogen-bond acceptors (Lipinski definition) is 5. The summed E-state index contributed by atoms with van der Waals surface area (Å²) in [6.07, 6.45) is -0.0561. The number of aryl methyl sites for hydroxylation is 1. The molecule has 20 heavy (non-hydrogen) atoms. The molecule has 0 bridgehead atoms. The molecule has 8 heteroatoms. The van der Waals surface area contributed by atoms with E-state index in [0.717, 1.165) is 0 Å². The molecule has 0 aromatic carbocycles. The van der Waals surface area contributed by atoms with Crippen molar-refractivity contribution in [2.75, 3.05) is 19.9 Å². The summed E-state index contributed by atoms with van der Waals surface area (Å²) in [5.41, 5.74) is -0.663. The van der Waals surface area contributed by atoms with Crippen LogP contribution in [0.25, 0.3) is 0 Å². The van der Waals surface area contributed by atoms with Gasteiger partial charge in [0, 0.05) is 18.2 Å². The number of aromatic nitrogens is 2. The van der Waals surface area contributed by atoms with Crippen molar-refractivity contribution < 1.29 is 19.0 Å². The number of aliphatic hydroxyl groups is 1. The number of ether oxygens (including phenoxy) is 2. The molecule has 112 valence electrons. The van der Waals surface area contributed by atoms with Crippen LogP contribution in [0.2, 0.25) is 0 Å². The molecule has 0 radical (unpaired) electrons. The standard InChI is InChI=1S/C12H17FN2O5/c1-7-5-15(12(18)14-11(7)17)10-4-8(19-3-2-13)9(6-16)20-10/h5,8-10,16H,2-4,6H2,1H3,(H,14,17,18)/t8-,9-,10-/m0/s1. The Morgan fingerprint density at radius 3 is 3.00 bits per heavy atom. The smallest absolute Gasteiger partial charge is 0.330 e. The van der Waals surface area contributed by atoms with E-state index in [9.17, 15) is 19.1 Å². The molecule has 1 saturated heterocycles. The van der Waals surface area contributed by atoms with Gasteiger partial charge in [0.1, 0.15) is 19.0 Å². The van der Waals surface area contributed by atoms with Crippen molar-refractivity contribution in [3.8, 4) is 0 Å². The Morgan fingerprint density at radius 2 is 2.35 bits per heavy atom. The largest absolute Gasteiger partial charge is 0.394 e. The second-order valence-corrected chi connectivity index (χ2v) is 4.62. The average Bonchev–Trinajstić information content (AvgIpc) is 2.83. The van der Waals surface area contributed by atoms with Crippen LogP contribution in [0, 0.1) is 6.92 Å². The van der Waals surface area contributed by atoms with Crippen LogP contribution >= 0.6 is 0 Å². The first-order valence-electron chi connectivity index (χ1n) is 6.32. The van der Waals surface area contributed by atoms with Crippen LogP contribution in [-0.2, 0) is 9.47 Å². The number of nitrogens with zero attached hydrogens (tertiary/aromatic N) is 1. The molecule has 0 aliphatic carbocycles. The molecular formula is C12H17FN2O5. The fourth-order valence-electron chi connectivity index (χ4n) is 2.21. The summed E-state index contributed by atoms with van der Waals surface area (Å²) < 4.78 is 24.2. The molecule has 0 amide bonds. The van der Waals surface area contributed by atoms with E-state index in [1.165, 1.54) is 10.8 Å². The normalized spacial score (nSPS) is 26.1. The van der Waals surface area contributed by atoms with Gasteiger partial charge in [0.2, 0.25) is 0 Å². The zero-order chi connectivity index (χ0) is 14.7. The first kappa shape index (κ1) is 14.9. The fraction of sp³-hybridized carbons (Fsp3) is 0.667. The Balaban J connectivity index is 2.20. The molecule has 1 aromatic rings. The van der Waals surface area contributed by atoms with Gasteiger partial charge in [-0.2, -0.15) is 0 Å². The zero-order valence-corrected chi connectivity index (χ0v) is 11.0. The molecule has 0 unspecified atom stereocenters. The van der Waals surface area contributed by atoms with Gasteiger partial charge in [0.25, 0.3) is 5.56 Å². The SMILES string of the molecule is Cc1cn([C@@H]2C[C@H](OCCF)[C@H](CO)O2)c(=O)[nH]c1=O. The number of aromatic amines is 1. The van der Waals surface area contributed by atoms with Crippen LogP contribution < -0.4 is 11.2 Å². The Kier molecular flexibility index (Phi) is 4.69. The molecule has 2 heterocycles. The lowest BCUT2D eigenvalue weighted by Crippen LogP contribution is -2.33. The number of alkyl halides is 1. The quantitative estimate of drug-likeness (QED) is 0.760. The van der Waals surface area contributed by atoms with E-state index in [2.05, 4.69) is 4.98 Å². The van der Waals surface area contributed by atoms with E-state index in [-0.39, 0.29) is 13.2 Å². The van der Waals surface area contributed by atoms with E-state index in [1.54, 1.807) is 6.92 Å². The second-order valence-electron chi connectivity index (χ2n) is 4.62. The summed E-state index contributed by atoms with van der Waals surface area (Å²) in [6.45, 7) is 0.572. The maximum Gasteiger partial charge on any atom is 0.330 e. The van der Waals surface area contributed by atoms with Gasteiger partial charge in [0.05, 0.1) is 19.3 Å². The summed E-state index contributed by atoms with van der Waals surface area (Å²) in [7, 11) is 0. The molecule has 0 spiro atoms. The number of aliphatic hydroxyl groups excluding tert-OH is 1. The van der Waals surface area contributed by atoms with Crippen LogP contribution in [0.5, 0.6) is 0 Å². The topological polar surface area (TPSA) is 93.6 Å². The van der Waals surface area contributed by atoms with Gasteiger partial charge < -0.3 is 14.6 Å². The predicted octanol–water partition coefficient (Wildman–Crippen LogP) is -0.520. The molecule has 1 aliphatic rings. The third-order valence-corrected chi connectivity index (χ3v) is 3.23. The Morgan fingerprint density at radius 1 is 1.60 bits per heavy atom. The molecule has 1 fully saturated rings. The van der Waals surface area contributed by atoms with Gasteiger partial charge in [-0.25, -0.2) is 9.18 Å². The Bertz CT molecular complexity index is 570. The predicted molar refractivity (Wildman–Crippen MR) is 67.4 cm³/mol. The molecule has 1 aliphatic heterocycles. The molecule has 0 saturated carbocycles. The number of rotatable bonds is 5. The van der Waals surface area contributed by atoms with Gasteiger partial charge in [0.15, 0.2) is 0 Å². The lowest BCUT2D eigenvalue weighted by molar-refractivity contribution is -0.0635. The van der Waals surface area contributed by atoms with Crippen molar-refractivity contribution in [3.05, 3.63) is 32.6 Å². The van der Waals surface area contributed by atoms with Crippen molar-refractivity contribution in [3.63, 3.8) is 0 Å². The summed E-state index contributed by atoms with van der Waals surface area (Å²) in [5, 5.41) is 9.22. The highest BCUT2D eigenvalue weighted by atomic mass is 19.1. The summed E-state index contributed by atoms with van der Waals surface area (Å²) in [4.78, 5) is 25.3. The van der Waals surface area contributed by atoms with Gasteiger partial charge in [-0.1, -0.05) is 0 Å². The van der Waals surface area contributed by atoms with Crippen LogP contribution in [-0.4, -0.2) is 46.8 Å². The highest BCUT2D eigenvalue weighted by molar-refractivity contribution is 5.02. The third-order valence-electron chi connectivity index (χ3n) is 3.23. The summed E-state index contributed by atoms with van der Waals surface area (Å²) >= 11 is 0. The van der Waals surface area contributed by atoms with Crippen LogP contribution in [0.15, 0.2) is 15.8 Å². The Hall–Kier alpha value is -1.51. The van der Waals surface area contributed by atoms with Crippen molar-refractivity contribution in [2.45, 2.75) is 31.8 Å².